The quantitative estimate of drug-likeness (QED) is 0.452. The van der Waals surface area contributed by atoms with Crippen LogP contribution in [0, 0.1) is 0 Å². The van der Waals surface area contributed by atoms with E-state index in [9.17, 15) is 30.7 Å². The predicted molar refractivity (Wildman–Crippen MR) is 64.2 cm³/mol. The van der Waals surface area contributed by atoms with Gasteiger partial charge in [0.1, 0.15) is 0 Å². The van der Waals surface area contributed by atoms with Gasteiger partial charge in [-0.25, -0.2) is 0 Å². The van der Waals surface area contributed by atoms with Crippen LogP contribution in [-0.2, 0) is 9.47 Å². The van der Waals surface area contributed by atoms with E-state index in [0.29, 0.717) is 19.6 Å². The number of unbranched alkanes of at least 4 members (excludes halogenated alkanes) is 2. The van der Waals surface area contributed by atoms with Gasteiger partial charge < -0.3 is 9.47 Å². The summed E-state index contributed by atoms with van der Waals surface area (Å²) in [6.45, 7) is 1.29. The van der Waals surface area contributed by atoms with E-state index < -0.39 is 30.9 Å². The number of rotatable bonds is 9. The Hall–Kier alpha value is -0.570. The molecule has 1 aliphatic heterocycles. The molecule has 9 heteroatoms. The van der Waals surface area contributed by atoms with E-state index in [4.69, 9.17) is 9.47 Å². The Balaban J connectivity index is 2.14. The Morgan fingerprint density at radius 2 is 1.64 bits per heavy atom. The number of ether oxygens (including phenoxy) is 2. The second kappa shape index (κ2) is 7.81. The standard InChI is InChI=1S/C13H19F7O2/c14-11(15,12(16,17)13(18,19)20)6-2-1-3-7-21-9-10-5-4-8-22-10/h10H,1-9H2. The lowest BCUT2D eigenvalue weighted by atomic mass is 10.0. The summed E-state index contributed by atoms with van der Waals surface area (Å²) in [6.07, 6.45) is -5.91. The van der Waals surface area contributed by atoms with Gasteiger partial charge in [0.2, 0.25) is 0 Å². The molecule has 0 saturated carbocycles. The van der Waals surface area contributed by atoms with E-state index in [-0.39, 0.29) is 19.1 Å². The molecule has 0 N–H and O–H groups in total. The molecule has 132 valence electrons. The van der Waals surface area contributed by atoms with Gasteiger partial charge in [-0.05, 0) is 25.7 Å². The average Bonchev–Trinajstić information content (AvgIpc) is 2.89. The van der Waals surface area contributed by atoms with Crippen LogP contribution in [0.25, 0.3) is 0 Å². The summed E-state index contributed by atoms with van der Waals surface area (Å²) in [7, 11) is 0. The van der Waals surface area contributed by atoms with Crippen molar-refractivity contribution in [1.82, 2.24) is 0 Å². The third kappa shape index (κ3) is 5.26. The summed E-state index contributed by atoms with van der Waals surface area (Å²) in [4.78, 5) is 0. The Morgan fingerprint density at radius 3 is 2.18 bits per heavy atom. The van der Waals surface area contributed by atoms with Crippen molar-refractivity contribution in [2.45, 2.75) is 62.7 Å². The highest BCUT2D eigenvalue weighted by Crippen LogP contribution is 2.48. The van der Waals surface area contributed by atoms with Gasteiger partial charge in [-0.1, -0.05) is 6.42 Å². The van der Waals surface area contributed by atoms with E-state index in [1.165, 1.54) is 0 Å². The minimum atomic E-state index is -6.25. The summed E-state index contributed by atoms with van der Waals surface area (Å²) in [5.41, 5.74) is 0. The minimum absolute atomic E-state index is 0.0230. The van der Waals surface area contributed by atoms with E-state index >= 15 is 0 Å². The monoisotopic (exact) mass is 340 g/mol. The molecular formula is C13H19F7O2. The van der Waals surface area contributed by atoms with Crippen molar-refractivity contribution >= 4 is 0 Å². The molecule has 0 spiro atoms. The lowest BCUT2D eigenvalue weighted by Crippen LogP contribution is -2.51. The predicted octanol–water partition coefficient (Wildman–Crippen LogP) is 4.58. The first-order chi connectivity index (χ1) is 10.1. The molecule has 0 aromatic carbocycles. The van der Waals surface area contributed by atoms with Crippen LogP contribution in [0.3, 0.4) is 0 Å². The van der Waals surface area contributed by atoms with Crippen molar-refractivity contribution in [1.29, 1.82) is 0 Å². The van der Waals surface area contributed by atoms with Crippen molar-refractivity contribution in [2.24, 2.45) is 0 Å². The molecule has 0 radical (unpaired) electrons. The largest absolute Gasteiger partial charge is 0.459 e. The van der Waals surface area contributed by atoms with Crippen LogP contribution in [0.1, 0.15) is 38.5 Å². The number of halogens is 7. The maximum atomic E-state index is 13.0. The normalized spacial score (nSPS) is 20.6. The highest BCUT2D eigenvalue weighted by atomic mass is 19.4. The summed E-state index contributed by atoms with van der Waals surface area (Å²) in [6, 6.07) is 0. The molecule has 0 aliphatic carbocycles. The topological polar surface area (TPSA) is 18.5 Å². The van der Waals surface area contributed by atoms with Crippen molar-refractivity contribution in [3.05, 3.63) is 0 Å². The van der Waals surface area contributed by atoms with E-state index in [1.807, 2.05) is 0 Å². The maximum Gasteiger partial charge on any atom is 0.459 e. The fraction of sp³-hybridized carbons (Fsp3) is 1.00. The number of hydrogen-bond donors (Lipinski definition) is 0. The Morgan fingerprint density at radius 1 is 0.955 bits per heavy atom. The fourth-order valence-corrected chi connectivity index (χ4v) is 2.08. The van der Waals surface area contributed by atoms with Crippen molar-refractivity contribution in [3.8, 4) is 0 Å². The van der Waals surface area contributed by atoms with Crippen LogP contribution >= 0.6 is 0 Å². The first-order valence-corrected chi connectivity index (χ1v) is 7.09. The third-order valence-electron chi connectivity index (χ3n) is 3.42. The highest BCUT2D eigenvalue weighted by molar-refractivity contribution is 4.90. The van der Waals surface area contributed by atoms with E-state index in [1.54, 1.807) is 0 Å². The summed E-state index contributed by atoms with van der Waals surface area (Å²) >= 11 is 0. The molecule has 0 bridgehead atoms. The van der Waals surface area contributed by atoms with Gasteiger partial charge in [0, 0.05) is 19.6 Å². The zero-order valence-electron chi connectivity index (χ0n) is 11.9. The maximum absolute atomic E-state index is 13.0. The molecule has 1 heterocycles. The highest BCUT2D eigenvalue weighted by Gasteiger charge is 2.72. The first-order valence-electron chi connectivity index (χ1n) is 7.09. The fourth-order valence-electron chi connectivity index (χ4n) is 2.08. The SMILES string of the molecule is FC(F)(F)C(F)(F)C(F)(F)CCCCCOCC1CCCO1. The zero-order valence-corrected chi connectivity index (χ0v) is 11.9. The van der Waals surface area contributed by atoms with Crippen LogP contribution < -0.4 is 0 Å². The Labute approximate surface area is 123 Å². The first kappa shape index (κ1) is 19.5. The summed E-state index contributed by atoms with van der Waals surface area (Å²) in [5, 5.41) is 0. The molecule has 1 aliphatic rings. The van der Waals surface area contributed by atoms with Crippen LogP contribution in [0.4, 0.5) is 30.7 Å². The van der Waals surface area contributed by atoms with Gasteiger partial charge in [0.05, 0.1) is 12.7 Å². The number of hydrogen-bond acceptors (Lipinski definition) is 2. The molecule has 0 aromatic rings. The Kier molecular flexibility index (Phi) is 6.91. The lowest BCUT2D eigenvalue weighted by Gasteiger charge is -2.28. The summed E-state index contributed by atoms with van der Waals surface area (Å²) < 4.78 is 97.3. The van der Waals surface area contributed by atoms with Crippen molar-refractivity contribution in [3.63, 3.8) is 0 Å². The lowest BCUT2D eigenvalue weighted by molar-refractivity contribution is -0.355. The molecule has 1 rings (SSSR count). The molecular weight excluding hydrogens is 321 g/mol. The van der Waals surface area contributed by atoms with Crippen LogP contribution in [-0.4, -0.2) is 43.9 Å². The van der Waals surface area contributed by atoms with Crippen molar-refractivity contribution < 1.29 is 40.2 Å². The molecule has 1 fully saturated rings. The van der Waals surface area contributed by atoms with Gasteiger partial charge in [0.25, 0.3) is 0 Å². The van der Waals surface area contributed by atoms with Gasteiger partial charge in [-0.3, -0.25) is 0 Å². The Bertz CT molecular complexity index is 325. The molecule has 1 saturated heterocycles. The van der Waals surface area contributed by atoms with E-state index in [2.05, 4.69) is 0 Å². The molecule has 2 nitrogen and oxygen atoms in total. The van der Waals surface area contributed by atoms with Gasteiger partial charge >= 0.3 is 18.0 Å². The average molecular weight is 340 g/mol. The van der Waals surface area contributed by atoms with Crippen LogP contribution in [0.2, 0.25) is 0 Å². The molecule has 0 amide bonds. The second-order valence-electron chi connectivity index (χ2n) is 5.30. The molecule has 1 atom stereocenters. The van der Waals surface area contributed by atoms with Crippen LogP contribution in [0.15, 0.2) is 0 Å². The smallest absolute Gasteiger partial charge is 0.379 e. The van der Waals surface area contributed by atoms with Gasteiger partial charge in [0.15, 0.2) is 0 Å². The van der Waals surface area contributed by atoms with E-state index in [0.717, 1.165) is 12.8 Å². The number of alkyl halides is 7. The molecule has 0 aromatic heterocycles. The third-order valence-corrected chi connectivity index (χ3v) is 3.42. The van der Waals surface area contributed by atoms with Crippen LogP contribution in [0.5, 0.6) is 0 Å². The van der Waals surface area contributed by atoms with Gasteiger partial charge in [-0.15, -0.1) is 0 Å². The molecule has 1 unspecified atom stereocenters. The zero-order chi connectivity index (χ0) is 16.9. The second-order valence-corrected chi connectivity index (χ2v) is 5.30. The van der Waals surface area contributed by atoms with Gasteiger partial charge in [-0.2, -0.15) is 30.7 Å². The minimum Gasteiger partial charge on any atom is -0.379 e. The molecule has 22 heavy (non-hydrogen) atoms. The van der Waals surface area contributed by atoms with Crippen molar-refractivity contribution in [2.75, 3.05) is 19.8 Å². The summed E-state index contributed by atoms with van der Waals surface area (Å²) in [5.74, 6) is -11.1.